The van der Waals surface area contributed by atoms with Crippen LogP contribution in [0.1, 0.15) is 162 Å². The highest BCUT2D eigenvalue weighted by atomic mass is 16.1. The van der Waals surface area contributed by atoms with Gasteiger partial charge in [0.1, 0.15) is 5.78 Å². The summed E-state index contributed by atoms with van der Waals surface area (Å²) in [5, 5.41) is 0. The smallest absolute Gasteiger partial charge is 0.132 e. The van der Waals surface area contributed by atoms with Crippen LogP contribution in [0.25, 0.3) is 0 Å². The van der Waals surface area contributed by atoms with Crippen LogP contribution in [0, 0.1) is 0 Å². The molecule has 1 saturated carbocycles. The lowest BCUT2D eigenvalue weighted by molar-refractivity contribution is -0.120. The van der Waals surface area contributed by atoms with Crippen molar-refractivity contribution in [2.45, 2.75) is 162 Å². The van der Waals surface area contributed by atoms with Crippen LogP contribution in [0.2, 0.25) is 0 Å². The normalized spacial score (nSPS) is 14.1. The zero-order chi connectivity index (χ0) is 19.8. The highest BCUT2D eigenvalue weighted by Gasteiger charge is 2.06. The Labute approximate surface area is 172 Å². The Hall–Kier alpha value is -0.330. The van der Waals surface area contributed by atoms with Crippen molar-refractivity contribution in [1.29, 1.82) is 0 Å². The lowest BCUT2D eigenvalue weighted by Gasteiger charge is -2.05. The zero-order valence-electron chi connectivity index (χ0n) is 19.2. The Morgan fingerprint density at radius 1 is 0.444 bits per heavy atom. The SMILES string of the molecule is CCCCCCCCCCCCCCCCCCCC.O=C1CCCCC1. The van der Waals surface area contributed by atoms with E-state index in [1.165, 1.54) is 122 Å². The maximum atomic E-state index is 10.5. The standard InChI is InChI=1S/C20H42.C6H10O/c1-3-5-7-9-11-13-15-17-19-20-18-16-14-12-10-8-6-4-2;7-6-4-2-1-3-5-6/h3-20H2,1-2H3;1-5H2. The average Bonchev–Trinajstić information content (AvgIpc) is 2.69. The second-order valence-corrected chi connectivity index (χ2v) is 8.76. The molecule has 0 bridgehead atoms. The van der Waals surface area contributed by atoms with Crippen molar-refractivity contribution < 1.29 is 4.79 Å². The third-order valence-corrected chi connectivity index (χ3v) is 5.87. The summed E-state index contributed by atoms with van der Waals surface area (Å²) in [5.74, 6) is 0.464. The highest BCUT2D eigenvalue weighted by molar-refractivity contribution is 5.78. The number of carbonyl (C=O) groups is 1. The fraction of sp³-hybridized carbons (Fsp3) is 0.962. The van der Waals surface area contributed by atoms with Gasteiger partial charge in [0.15, 0.2) is 0 Å². The minimum atomic E-state index is 0.464. The Kier molecular flexibility index (Phi) is 23.4. The molecule has 0 radical (unpaired) electrons. The molecule has 0 saturated heterocycles. The lowest BCUT2D eigenvalue weighted by Crippen LogP contribution is -2.02. The second kappa shape index (κ2) is 23.7. The van der Waals surface area contributed by atoms with E-state index in [9.17, 15) is 4.79 Å². The van der Waals surface area contributed by atoms with Crippen molar-refractivity contribution in [3.63, 3.8) is 0 Å². The summed E-state index contributed by atoms with van der Waals surface area (Å²) in [6, 6.07) is 0. The van der Waals surface area contributed by atoms with Gasteiger partial charge in [0.25, 0.3) is 0 Å². The topological polar surface area (TPSA) is 17.1 Å². The van der Waals surface area contributed by atoms with Crippen LogP contribution in [-0.4, -0.2) is 5.78 Å². The van der Waals surface area contributed by atoms with E-state index in [1.807, 2.05) is 0 Å². The first-order chi connectivity index (χ1) is 13.3. The van der Waals surface area contributed by atoms with Gasteiger partial charge in [-0.25, -0.2) is 0 Å². The van der Waals surface area contributed by atoms with Crippen LogP contribution >= 0.6 is 0 Å². The Bertz CT molecular complexity index is 258. The van der Waals surface area contributed by atoms with Crippen molar-refractivity contribution >= 4 is 5.78 Å². The molecule has 0 unspecified atom stereocenters. The molecule has 0 atom stereocenters. The van der Waals surface area contributed by atoms with E-state index in [2.05, 4.69) is 13.8 Å². The predicted molar refractivity (Wildman–Crippen MR) is 123 cm³/mol. The lowest BCUT2D eigenvalue weighted by atomic mass is 10.00. The number of unbranched alkanes of at least 4 members (excludes halogenated alkanes) is 17. The van der Waals surface area contributed by atoms with Crippen molar-refractivity contribution in [2.24, 2.45) is 0 Å². The molecule has 0 N–H and O–H groups in total. The van der Waals surface area contributed by atoms with E-state index in [4.69, 9.17) is 0 Å². The molecule has 0 aliphatic heterocycles. The fourth-order valence-corrected chi connectivity index (χ4v) is 3.92. The van der Waals surface area contributed by atoms with Gasteiger partial charge in [-0.15, -0.1) is 0 Å². The van der Waals surface area contributed by atoms with Crippen molar-refractivity contribution in [3.05, 3.63) is 0 Å². The first kappa shape index (κ1) is 26.7. The second-order valence-electron chi connectivity index (χ2n) is 8.76. The van der Waals surface area contributed by atoms with Crippen LogP contribution in [0.5, 0.6) is 0 Å². The molecule has 1 heteroatoms. The van der Waals surface area contributed by atoms with Gasteiger partial charge in [-0.2, -0.15) is 0 Å². The molecule has 1 aliphatic rings. The first-order valence-electron chi connectivity index (χ1n) is 12.8. The maximum Gasteiger partial charge on any atom is 0.132 e. The summed E-state index contributed by atoms with van der Waals surface area (Å²) in [5.41, 5.74) is 0. The van der Waals surface area contributed by atoms with E-state index in [0.717, 1.165) is 25.7 Å². The number of ketones is 1. The number of hydrogen-bond acceptors (Lipinski definition) is 1. The van der Waals surface area contributed by atoms with E-state index >= 15 is 0 Å². The predicted octanol–water partition coefficient (Wildman–Crippen LogP) is 9.57. The van der Waals surface area contributed by atoms with Gasteiger partial charge in [0, 0.05) is 12.8 Å². The van der Waals surface area contributed by atoms with Crippen molar-refractivity contribution in [2.75, 3.05) is 0 Å². The first-order valence-corrected chi connectivity index (χ1v) is 12.8. The minimum absolute atomic E-state index is 0.464. The van der Waals surface area contributed by atoms with Gasteiger partial charge in [0.2, 0.25) is 0 Å². The van der Waals surface area contributed by atoms with Crippen LogP contribution in [-0.2, 0) is 4.79 Å². The number of Topliss-reactive ketones (excluding diaryl/α,β-unsaturated/α-hetero) is 1. The highest BCUT2D eigenvalue weighted by Crippen LogP contribution is 2.14. The zero-order valence-corrected chi connectivity index (χ0v) is 19.2. The van der Waals surface area contributed by atoms with Crippen LogP contribution in [0.3, 0.4) is 0 Å². The van der Waals surface area contributed by atoms with Gasteiger partial charge < -0.3 is 0 Å². The molecular weight excluding hydrogens is 328 g/mol. The third-order valence-electron chi connectivity index (χ3n) is 5.87. The third kappa shape index (κ3) is 23.6. The average molecular weight is 381 g/mol. The molecule has 0 spiro atoms. The van der Waals surface area contributed by atoms with E-state index in [0.29, 0.717) is 5.78 Å². The van der Waals surface area contributed by atoms with Gasteiger partial charge in [-0.3, -0.25) is 4.79 Å². The number of hydrogen-bond donors (Lipinski definition) is 0. The largest absolute Gasteiger partial charge is 0.300 e. The number of rotatable bonds is 17. The van der Waals surface area contributed by atoms with E-state index in [-0.39, 0.29) is 0 Å². The Morgan fingerprint density at radius 2 is 0.704 bits per heavy atom. The minimum Gasteiger partial charge on any atom is -0.300 e. The van der Waals surface area contributed by atoms with Gasteiger partial charge in [-0.05, 0) is 12.8 Å². The summed E-state index contributed by atoms with van der Waals surface area (Å²) in [7, 11) is 0. The number of carbonyl (C=O) groups excluding carboxylic acids is 1. The summed E-state index contributed by atoms with van der Waals surface area (Å²) >= 11 is 0. The summed E-state index contributed by atoms with van der Waals surface area (Å²) in [6.07, 6.45) is 31.6. The fourth-order valence-electron chi connectivity index (χ4n) is 3.92. The van der Waals surface area contributed by atoms with Gasteiger partial charge >= 0.3 is 0 Å². The molecule has 0 aromatic heterocycles. The summed E-state index contributed by atoms with van der Waals surface area (Å²) in [4.78, 5) is 10.5. The quantitative estimate of drug-likeness (QED) is 0.229. The molecule has 1 nitrogen and oxygen atoms in total. The summed E-state index contributed by atoms with van der Waals surface area (Å²) < 4.78 is 0. The monoisotopic (exact) mass is 380 g/mol. The van der Waals surface area contributed by atoms with Crippen LogP contribution in [0.15, 0.2) is 0 Å². The van der Waals surface area contributed by atoms with E-state index in [1.54, 1.807) is 0 Å². The molecule has 0 heterocycles. The molecule has 1 aliphatic carbocycles. The molecule has 0 aromatic carbocycles. The van der Waals surface area contributed by atoms with Gasteiger partial charge in [-0.1, -0.05) is 136 Å². The summed E-state index contributed by atoms with van der Waals surface area (Å²) in [6.45, 7) is 4.59. The van der Waals surface area contributed by atoms with Gasteiger partial charge in [0.05, 0.1) is 0 Å². The van der Waals surface area contributed by atoms with E-state index < -0.39 is 0 Å². The van der Waals surface area contributed by atoms with Crippen LogP contribution < -0.4 is 0 Å². The Balaban J connectivity index is 0.000000797. The molecule has 162 valence electrons. The van der Waals surface area contributed by atoms with Crippen LogP contribution in [0.4, 0.5) is 0 Å². The van der Waals surface area contributed by atoms with Crippen molar-refractivity contribution in [3.8, 4) is 0 Å². The Morgan fingerprint density at radius 3 is 0.889 bits per heavy atom. The molecule has 1 fully saturated rings. The van der Waals surface area contributed by atoms with Crippen molar-refractivity contribution in [1.82, 2.24) is 0 Å². The molecule has 0 amide bonds. The molecule has 27 heavy (non-hydrogen) atoms. The molecule has 0 aromatic rings. The molecular formula is C26H52O. The maximum absolute atomic E-state index is 10.5. The molecule has 1 rings (SSSR count).